The average Bonchev–Trinajstić information content (AvgIpc) is 2.69. The maximum Gasteiger partial charge on any atom is 0.263 e. The minimum atomic E-state index is -0.639. The average molecular weight is 433 g/mol. The molecule has 142 valence electrons. The first-order valence-electron chi connectivity index (χ1n) is 8.74. The van der Waals surface area contributed by atoms with Gasteiger partial charge in [0.1, 0.15) is 11.5 Å². The quantitative estimate of drug-likeness (QED) is 0.805. The predicted octanol–water partition coefficient (Wildman–Crippen LogP) is 2.91. The number of phenols is 1. The van der Waals surface area contributed by atoms with Crippen molar-refractivity contribution >= 4 is 27.7 Å². The topological polar surface area (TPSA) is 70.1 Å². The van der Waals surface area contributed by atoms with Crippen LogP contribution in [-0.2, 0) is 4.79 Å². The van der Waals surface area contributed by atoms with Gasteiger partial charge in [0, 0.05) is 30.7 Å². The molecule has 7 heteroatoms. The number of piperazine rings is 1. The molecule has 0 aliphatic carbocycles. The maximum atomic E-state index is 12.6. The number of carbonyl (C=O) groups is 2. The zero-order valence-corrected chi connectivity index (χ0v) is 16.6. The minimum absolute atomic E-state index is 0.0389. The third kappa shape index (κ3) is 4.60. The molecule has 0 spiro atoms. The van der Waals surface area contributed by atoms with E-state index in [9.17, 15) is 14.7 Å². The lowest BCUT2D eigenvalue weighted by atomic mass is 10.1. The van der Waals surface area contributed by atoms with Gasteiger partial charge in [-0.15, -0.1) is 0 Å². The number of rotatable bonds is 4. The Labute approximate surface area is 166 Å². The van der Waals surface area contributed by atoms with Crippen LogP contribution in [0.25, 0.3) is 0 Å². The van der Waals surface area contributed by atoms with Gasteiger partial charge in [-0.2, -0.15) is 0 Å². The van der Waals surface area contributed by atoms with Crippen LogP contribution < -0.4 is 4.74 Å². The van der Waals surface area contributed by atoms with Gasteiger partial charge in [0.25, 0.3) is 11.8 Å². The Bertz CT molecular complexity index is 817. The van der Waals surface area contributed by atoms with Crippen molar-refractivity contribution in [3.05, 3.63) is 58.6 Å². The van der Waals surface area contributed by atoms with E-state index in [1.54, 1.807) is 34.9 Å². The lowest BCUT2D eigenvalue weighted by molar-refractivity contribution is -0.139. The molecule has 1 unspecified atom stereocenters. The minimum Gasteiger partial charge on any atom is -0.508 e. The fourth-order valence-corrected chi connectivity index (χ4v) is 3.43. The van der Waals surface area contributed by atoms with Gasteiger partial charge in [-0.05, 0) is 59.3 Å². The smallest absolute Gasteiger partial charge is 0.263 e. The predicted molar refractivity (Wildman–Crippen MR) is 105 cm³/mol. The van der Waals surface area contributed by atoms with Gasteiger partial charge in [0.15, 0.2) is 6.10 Å². The van der Waals surface area contributed by atoms with Crippen molar-refractivity contribution in [2.24, 2.45) is 0 Å². The van der Waals surface area contributed by atoms with Gasteiger partial charge >= 0.3 is 0 Å². The number of hydrogen-bond donors (Lipinski definition) is 1. The molecule has 1 N–H and O–H groups in total. The zero-order valence-electron chi connectivity index (χ0n) is 15.0. The van der Waals surface area contributed by atoms with Gasteiger partial charge in [-0.3, -0.25) is 9.59 Å². The first kappa shape index (κ1) is 19.2. The van der Waals surface area contributed by atoms with Crippen LogP contribution in [0.2, 0.25) is 0 Å². The lowest BCUT2D eigenvalue weighted by Gasteiger charge is -2.36. The summed E-state index contributed by atoms with van der Waals surface area (Å²) in [4.78, 5) is 28.7. The van der Waals surface area contributed by atoms with Gasteiger partial charge in [0.2, 0.25) is 0 Å². The van der Waals surface area contributed by atoms with Crippen molar-refractivity contribution in [3.63, 3.8) is 0 Å². The summed E-state index contributed by atoms with van der Waals surface area (Å²) in [5.74, 6) is 0.516. The highest BCUT2D eigenvalue weighted by atomic mass is 79.9. The number of benzene rings is 2. The van der Waals surface area contributed by atoms with E-state index in [1.807, 2.05) is 18.2 Å². The molecule has 2 aromatic carbocycles. The Balaban J connectivity index is 1.55. The monoisotopic (exact) mass is 432 g/mol. The summed E-state index contributed by atoms with van der Waals surface area (Å²) in [5.41, 5.74) is 0.626. The molecule has 27 heavy (non-hydrogen) atoms. The van der Waals surface area contributed by atoms with E-state index < -0.39 is 6.10 Å². The van der Waals surface area contributed by atoms with Crippen LogP contribution >= 0.6 is 15.9 Å². The van der Waals surface area contributed by atoms with E-state index in [4.69, 9.17) is 4.74 Å². The highest BCUT2D eigenvalue weighted by Gasteiger charge is 2.28. The third-order valence-electron chi connectivity index (χ3n) is 4.48. The number of hydrogen-bond acceptors (Lipinski definition) is 4. The highest BCUT2D eigenvalue weighted by molar-refractivity contribution is 9.10. The van der Waals surface area contributed by atoms with Crippen molar-refractivity contribution in [1.82, 2.24) is 9.80 Å². The van der Waals surface area contributed by atoms with Crippen LogP contribution in [-0.4, -0.2) is 59.0 Å². The standard InChI is InChI=1S/C20H21BrN2O4/c1-14(27-16-8-6-15(24)7-9-16)19(25)22-10-12-23(13-11-22)20(26)17-4-2-3-5-18(17)21/h2-9,14,24H,10-13H2,1H3. The molecular weight excluding hydrogens is 412 g/mol. The summed E-state index contributed by atoms with van der Waals surface area (Å²) in [6.45, 7) is 3.61. The number of carbonyl (C=O) groups excluding carboxylic acids is 2. The van der Waals surface area contributed by atoms with Crippen molar-refractivity contribution < 1.29 is 19.4 Å². The number of phenolic OH excluding ortho intramolecular Hbond substituents is 1. The Hall–Kier alpha value is -2.54. The molecule has 0 radical (unpaired) electrons. The lowest BCUT2D eigenvalue weighted by Crippen LogP contribution is -2.53. The van der Waals surface area contributed by atoms with Crippen LogP contribution in [0.1, 0.15) is 17.3 Å². The highest BCUT2D eigenvalue weighted by Crippen LogP contribution is 2.20. The van der Waals surface area contributed by atoms with Crippen molar-refractivity contribution in [3.8, 4) is 11.5 Å². The summed E-state index contributed by atoms with van der Waals surface area (Å²) < 4.78 is 6.42. The molecule has 1 saturated heterocycles. The molecule has 0 aromatic heterocycles. The van der Waals surface area contributed by atoms with E-state index >= 15 is 0 Å². The van der Waals surface area contributed by atoms with Crippen LogP contribution in [0.15, 0.2) is 53.0 Å². The molecule has 3 rings (SSSR count). The zero-order chi connectivity index (χ0) is 19.4. The number of ether oxygens (including phenoxy) is 1. The van der Waals surface area contributed by atoms with Gasteiger partial charge in [0.05, 0.1) is 5.56 Å². The maximum absolute atomic E-state index is 12.6. The second kappa shape index (κ2) is 8.43. The Kier molecular flexibility index (Phi) is 6.01. The first-order valence-corrected chi connectivity index (χ1v) is 9.53. The fourth-order valence-electron chi connectivity index (χ4n) is 2.97. The summed E-state index contributed by atoms with van der Waals surface area (Å²) in [7, 11) is 0. The van der Waals surface area contributed by atoms with Gasteiger partial charge in [-0.25, -0.2) is 0 Å². The third-order valence-corrected chi connectivity index (χ3v) is 5.17. The van der Waals surface area contributed by atoms with Crippen LogP contribution in [0.5, 0.6) is 11.5 Å². The number of halogens is 1. The van der Waals surface area contributed by atoms with Crippen molar-refractivity contribution in [1.29, 1.82) is 0 Å². The van der Waals surface area contributed by atoms with E-state index in [0.29, 0.717) is 37.5 Å². The molecule has 1 atom stereocenters. The Morgan fingerprint density at radius 1 is 1.00 bits per heavy atom. The second-order valence-corrected chi connectivity index (χ2v) is 7.21. The Morgan fingerprint density at radius 3 is 2.22 bits per heavy atom. The molecule has 0 saturated carbocycles. The molecular formula is C20H21BrN2O4. The Morgan fingerprint density at radius 2 is 1.59 bits per heavy atom. The molecule has 2 amide bonds. The second-order valence-electron chi connectivity index (χ2n) is 6.35. The van der Waals surface area contributed by atoms with E-state index in [-0.39, 0.29) is 17.6 Å². The molecule has 6 nitrogen and oxygen atoms in total. The van der Waals surface area contributed by atoms with E-state index in [2.05, 4.69) is 15.9 Å². The van der Waals surface area contributed by atoms with Crippen LogP contribution in [0, 0.1) is 0 Å². The molecule has 1 aliphatic rings. The van der Waals surface area contributed by atoms with Gasteiger partial charge < -0.3 is 19.6 Å². The first-order chi connectivity index (χ1) is 13.0. The van der Waals surface area contributed by atoms with E-state index in [1.165, 1.54) is 12.1 Å². The largest absolute Gasteiger partial charge is 0.508 e. The van der Waals surface area contributed by atoms with Crippen molar-refractivity contribution in [2.45, 2.75) is 13.0 Å². The van der Waals surface area contributed by atoms with Gasteiger partial charge in [-0.1, -0.05) is 12.1 Å². The normalized spacial score (nSPS) is 15.3. The van der Waals surface area contributed by atoms with Crippen LogP contribution in [0.4, 0.5) is 0 Å². The molecule has 1 heterocycles. The summed E-state index contributed by atoms with van der Waals surface area (Å²) >= 11 is 3.41. The molecule has 1 aliphatic heterocycles. The molecule has 2 aromatic rings. The van der Waals surface area contributed by atoms with Crippen LogP contribution in [0.3, 0.4) is 0 Å². The number of aromatic hydroxyl groups is 1. The summed E-state index contributed by atoms with van der Waals surface area (Å²) in [6.07, 6.45) is -0.639. The summed E-state index contributed by atoms with van der Waals surface area (Å²) in [5, 5.41) is 9.31. The number of nitrogens with zero attached hydrogens (tertiary/aromatic N) is 2. The van der Waals surface area contributed by atoms with E-state index in [0.717, 1.165) is 4.47 Å². The molecule has 1 fully saturated rings. The fraction of sp³-hybridized carbons (Fsp3) is 0.300. The summed E-state index contributed by atoms with van der Waals surface area (Å²) in [6, 6.07) is 13.6. The SMILES string of the molecule is CC(Oc1ccc(O)cc1)C(=O)N1CCN(C(=O)c2ccccc2Br)CC1. The number of amides is 2. The van der Waals surface area contributed by atoms with Crippen molar-refractivity contribution in [2.75, 3.05) is 26.2 Å². The molecule has 0 bridgehead atoms.